The van der Waals surface area contributed by atoms with E-state index in [1.807, 2.05) is 60.7 Å². The molecule has 0 unspecified atom stereocenters. The van der Waals surface area contributed by atoms with Crippen molar-refractivity contribution in [3.05, 3.63) is 90.0 Å². The second-order valence-corrected chi connectivity index (χ2v) is 9.84. The number of aromatic hydroxyl groups is 1. The molecule has 2 N–H and O–H groups in total. The SMILES string of the molecule is CCCCN(CCCC)C(=O)/C(CC(=O)c1cccc2ccccc12)=N/NC(=O)c1cc2ccccc2cc1O. The van der Waals surface area contributed by atoms with E-state index in [0.29, 0.717) is 18.7 Å². The third-order valence-electron chi connectivity index (χ3n) is 6.92. The van der Waals surface area contributed by atoms with E-state index in [1.54, 1.807) is 17.0 Å². The first kappa shape index (κ1) is 28.5. The number of ketones is 1. The van der Waals surface area contributed by atoms with Crippen molar-refractivity contribution in [3.8, 4) is 5.75 Å². The van der Waals surface area contributed by atoms with Crippen molar-refractivity contribution in [1.29, 1.82) is 0 Å². The molecule has 7 nitrogen and oxygen atoms in total. The first-order chi connectivity index (χ1) is 19.4. The van der Waals surface area contributed by atoms with Gasteiger partial charge in [0.05, 0.1) is 12.0 Å². The molecule has 0 aliphatic carbocycles. The minimum absolute atomic E-state index is 0.0310. The Balaban J connectivity index is 1.66. The number of benzene rings is 4. The average molecular weight is 538 g/mol. The van der Waals surface area contributed by atoms with Gasteiger partial charge in [0.2, 0.25) is 0 Å². The van der Waals surface area contributed by atoms with E-state index in [-0.39, 0.29) is 35.1 Å². The molecule has 0 spiro atoms. The summed E-state index contributed by atoms with van der Waals surface area (Å²) in [6.07, 6.45) is 3.19. The fourth-order valence-electron chi connectivity index (χ4n) is 4.66. The Morgan fingerprint density at radius 2 is 1.38 bits per heavy atom. The quantitative estimate of drug-likeness (QED) is 0.123. The molecule has 7 heteroatoms. The minimum Gasteiger partial charge on any atom is -0.507 e. The van der Waals surface area contributed by atoms with E-state index in [1.165, 1.54) is 6.07 Å². The normalized spacial score (nSPS) is 11.5. The van der Waals surface area contributed by atoms with Crippen LogP contribution < -0.4 is 5.43 Å². The summed E-state index contributed by atoms with van der Waals surface area (Å²) >= 11 is 0. The van der Waals surface area contributed by atoms with Gasteiger partial charge in [0.15, 0.2) is 5.78 Å². The number of unbranched alkanes of at least 4 members (excludes halogenated alkanes) is 2. The fourth-order valence-corrected chi connectivity index (χ4v) is 4.66. The number of rotatable bonds is 12. The van der Waals surface area contributed by atoms with Crippen LogP contribution in [0, 0.1) is 0 Å². The van der Waals surface area contributed by atoms with Gasteiger partial charge in [-0.1, -0.05) is 93.4 Å². The third kappa shape index (κ3) is 6.72. The van der Waals surface area contributed by atoms with Gasteiger partial charge in [-0.05, 0) is 46.5 Å². The molecule has 0 fully saturated rings. The van der Waals surface area contributed by atoms with Crippen LogP contribution in [0.1, 0.15) is 66.7 Å². The van der Waals surface area contributed by atoms with Crippen LogP contribution in [-0.4, -0.2) is 46.4 Å². The van der Waals surface area contributed by atoms with Crippen molar-refractivity contribution in [2.45, 2.75) is 46.0 Å². The number of nitrogens with zero attached hydrogens (tertiary/aromatic N) is 2. The zero-order valence-electron chi connectivity index (χ0n) is 23.0. The van der Waals surface area contributed by atoms with Gasteiger partial charge < -0.3 is 10.0 Å². The molecule has 40 heavy (non-hydrogen) atoms. The van der Waals surface area contributed by atoms with Crippen LogP contribution >= 0.6 is 0 Å². The van der Waals surface area contributed by atoms with Crippen LogP contribution in [0.4, 0.5) is 0 Å². The van der Waals surface area contributed by atoms with E-state index >= 15 is 0 Å². The summed E-state index contributed by atoms with van der Waals surface area (Å²) in [4.78, 5) is 42.1. The number of fused-ring (bicyclic) bond motifs is 2. The Bertz CT molecular complexity index is 1550. The zero-order valence-corrected chi connectivity index (χ0v) is 23.0. The molecule has 0 aliphatic rings. The Morgan fingerprint density at radius 1 is 0.775 bits per heavy atom. The van der Waals surface area contributed by atoms with Crippen LogP contribution in [0.25, 0.3) is 21.5 Å². The molecule has 0 heterocycles. The summed E-state index contributed by atoms with van der Waals surface area (Å²) in [6, 6.07) is 23.5. The van der Waals surface area contributed by atoms with Gasteiger partial charge in [0, 0.05) is 18.7 Å². The van der Waals surface area contributed by atoms with Gasteiger partial charge in [-0.15, -0.1) is 0 Å². The van der Waals surface area contributed by atoms with Crippen LogP contribution in [0.5, 0.6) is 5.75 Å². The highest BCUT2D eigenvalue weighted by Gasteiger charge is 2.24. The Labute approximate surface area is 234 Å². The fraction of sp³-hybridized carbons (Fsp3) is 0.273. The number of Topliss-reactive ketones (excluding diaryl/α,β-unsaturated/α-hetero) is 1. The number of phenolic OH excluding ortho intramolecular Hbond substituents is 1. The maximum Gasteiger partial charge on any atom is 0.275 e. The average Bonchev–Trinajstić information content (AvgIpc) is 2.98. The van der Waals surface area contributed by atoms with E-state index in [4.69, 9.17) is 0 Å². The summed E-state index contributed by atoms with van der Waals surface area (Å²) < 4.78 is 0. The molecule has 4 aromatic carbocycles. The maximum absolute atomic E-state index is 13.7. The van der Waals surface area contributed by atoms with Crippen molar-refractivity contribution in [3.63, 3.8) is 0 Å². The Morgan fingerprint density at radius 3 is 2.05 bits per heavy atom. The number of hydrazone groups is 1. The van der Waals surface area contributed by atoms with E-state index in [9.17, 15) is 19.5 Å². The summed E-state index contributed by atoms with van der Waals surface area (Å²) in [7, 11) is 0. The predicted molar refractivity (Wildman–Crippen MR) is 160 cm³/mol. The molecule has 2 amide bonds. The lowest BCUT2D eigenvalue weighted by atomic mass is 9.98. The standard InChI is InChI=1S/C33H35N3O4/c1-3-5-18-36(19-6-4-2)33(40)29(22-31(38)27-17-11-15-23-12-9-10-16-26(23)27)34-35-32(39)28-20-24-13-7-8-14-25(24)21-30(28)37/h7-17,20-21,37H,3-6,18-19,22H2,1-2H3,(H,35,39)/b34-29+. The number of amides is 2. The second-order valence-electron chi connectivity index (χ2n) is 9.84. The molecule has 206 valence electrons. The molecule has 0 saturated heterocycles. The second kappa shape index (κ2) is 13.5. The van der Waals surface area contributed by atoms with Crippen molar-refractivity contribution in [2.75, 3.05) is 13.1 Å². The van der Waals surface area contributed by atoms with Crippen LogP contribution in [0.2, 0.25) is 0 Å². The number of carbonyl (C=O) groups excluding carboxylic acids is 3. The van der Waals surface area contributed by atoms with Gasteiger partial charge in [0.1, 0.15) is 11.5 Å². The molecule has 0 bridgehead atoms. The topological polar surface area (TPSA) is 99.1 Å². The lowest BCUT2D eigenvalue weighted by Gasteiger charge is -2.23. The number of hydrogen-bond acceptors (Lipinski definition) is 5. The highest BCUT2D eigenvalue weighted by atomic mass is 16.3. The Hall–Kier alpha value is -4.52. The molecule has 4 rings (SSSR count). The van der Waals surface area contributed by atoms with Crippen molar-refractivity contribution >= 4 is 44.9 Å². The number of phenols is 1. The summed E-state index contributed by atoms with van der Waals surface area (Å²) in [5.41, 5.74) is 2.92. The van der Waals surface area contributed by atoms with Gasteiger partial charge in [-0.3, -0.25) is 14.4 Å². The summed E-state index contributed by atoms with van der Waals surface area (Å²) in [5, 5.41) is 18.0. The van der Waals surface area contributed by atoms with E-state index < -0.39 is 5.91 Å². The first-order valence-corrected chi connectivity index (χ1v) is 13.8. The zero-order chi connectivity index (χ0) is 28.5. The highest BCUT2D eigenvalue weighted by Crippen LogP contribution is 2.25. The lowest BCUT2D eigenvalue weighted by molar-refractivity contribution is -0.124. The Kier molecular flexibility index (Phi) is 9.62. The molecule has 0 radical (unpaired) electrons. The first-order valence-electron chi connectivity index (χ1n) is 13.8. The van der Waals surface area contributed by atoms with Crippen LogP contribution in [0.15, 0.2) is 84.0 Å². The maximum atomic E-state index is 13.7. The largest absolute Gasteiger partial charge is 0.507 e. The van der Waals surface area contributed by atoms with E-state index in [0.717, 1.165) is 47.2 Å². The van der Waals surface area contributed by atoms with Crippen LogP contribution in [0.3, 0.4) is 0 Å². The minimum atomic E-state index is -0.667. The van der Waals surface area contributed by atoms with E-state index in [2.05, 4.69) is 24.4 Å². The van der Waals surface area contributed by atoms with Crippen molar-refractivity contribution < 1.29 is 19.5 Å². The molecule has 0 saturated carbocycles. The van der Waals surface area contributed by atoms with Gasteiger partial charge in [-0.25, -0.2) is 5.43 Å². The monoisotopic (exact) mass is 537 g/mol. The summed E-state index contributed by atoms with van der Waals surface area (Å²) in [6.45, 7) is 5.18. The van der Waals surface area contributed by atoms with Gasteiger partial charge in [-0.2, -0.15) is 5.10 Å². The molecular weight excluding hydrogens is 502 g/mol. The van der Waals surface area contributed by atoms with Crippen molar-refractivity contribution in [1.82, 2.24) is 10.3 Å². The smallest absolute Gasteiger partial charge is 0.275 e. The van der Waals surface area contributed by atoms with Gasteiger partial charge in [0.25, 0.3) is 11.8 Å². The molecule has 0 aliphatic heterocycles. The van der Waals surface area contributed by atoms with Gasteiger partial charge >= 0.3 is 0 Å². The molecule has 4 aromatic rings. The van der Waals surface area contributed by atoms with Crippen LogP contribution in [-0.2, 0) is 4.79 Å². The number of carbonyl (C=O) groups is 3. The predicted octanol–water partition coefficient (Wildman–Crippen LogP) is 6.49. The van der Waals surface area contributed by atoms with Crippen molar-refractivity contribution in [2.24, 2.45) is 5.10 Å². The lowest BCUT2D eigenvalue weighted by Crippen LogP contribution is -2.40. The number of hydrogen-bond donors (Lipinski definition) is 2. The molecule has 0 atom stereocenters. The molecular formula is C33H35N3O4. The molecule has 0 aromatic heterocycles. The number of nitrogens with one attached hydrogen (secondary N) is 1. The summed E-state index contributed by atoms with van der Waals surface area (Å²) in [5.74, 6) is -1.50. The third-order valence-corrected chi connectivity index (χ3v) is 6.92. The highest BCUT2D eigenvalue weighted by molar-refractivity contribution is 6.43.